The van der Waals surface area contributed by atoms with Crippen LogP contribution in [0, 0.1) is 11.6 Å². The molecule has 0 fully saturated rings. The van der Waals surface area contributed by atoms with Crippen molar-refractivity contribution < 1.29 is 18.3 Å². The standard InChI is InChI=1S/C27H29Cl2F2N3O2S/c1-27(2,3)36-26(35)32-12-5-13-34(4)24-15-20(22(29)16-33-24)25(21-14-18(30)8-11-23(21)31)37-19-9-6-17(28)7-10-19/h6-11,14-16,25H,5,12-13H2,1-4H3,(H,32,35). The number of hydrogen-bond acceptors (Lipinski definition) is 5. The summed E-state index contributed by atoms with van der Waals surface area (Å²) >= 11 is 13.9. The number of pyridine rings is 1. The second kappa shape index (κ2) is 12.8. The lowest BCUT2D eigenvalue weighted by atomic mass is 10.0. The van der Waals surface area contributed by atoms with Crippen LogP contribution in [0.5, 0.6) is 0 Å². The largest absolute Gasteiger partial charge is 0.444 e. The molecule has 1 atom stereocenters. The molecule has 37 heavy (non-hydrogen) atoms. The van der Waals surface area contributed by atoms with Crippen molar-refractivity contribution in [2.45, 2.75) is 42.9 Å². The highest BCUT2D eigenvalue weighted by molar-refractivity contribution is 7.99. The molecule has 1 heterocycles. The predicted molar refractivity (Wildman–Crippen MR) is 147 cm³/mol. The van der Waals surface area contributed by atoms with E-state index in [-0.39, 0.29) is 5.56 Å². The van der Waals surface area contributed by atoms with Crippen LogP contribution < -0.4 is 10.2 Å². The first-order valence-corrected chi connectivity index (χ1v) is 13.3. The molecule has 0 aliphatic rings. The molecule has 3 rings (SSSR count). The van der Waals surface area contributed by atoms with E-state index in [9.17, 15) is 13.6 Å². The number of nitrogens with zero attached hydrogens (tertiary/aromatic N) is 2. The van der Waals surface area contributed by atoms with Crippen LogP contribution in [0.15, 0.2) is 59.6 Å². The summed E-state index contributed by atoms with van der Waals surface area (Å²) in [6.07, 6.45) is 1.67. The van der Waals surface area contributed by atoms with Crippen LogP contribution in [0.4, 0.5) is 19.4 Å². The molecule has 1 unspecified atom stereocenters. The van der Waals surface area contributed by atoms with Crippen molar-refractivity contribution in [2.24, 2.45) is 0 Å². The number of amides is 1. The number of nitrogens with one attached hydrogen (secondary N) is 1. The summed E-state index contributed by atoms with van der Waals surface area (Å²) in [5, 5.41) is 2.99. The molecule has 0 spiro atoms. The summed E-state index contributed by atoms with van der Waals surface area (Å²) in [5.74, 6) is -0.475. The third-order valence-electron chi connectivity index (χ3n) is 5.19. The molecule has 0 aliphatic carbocycles. The minimum absolute atomic E-state index is 0.170. The number of rotatable bonds is 9. The minimum atomic E-state index is -0.645. The Hall–Kier alpha value is -2.55. The molecule has 2 aromatic carbocycles. The molecule has 10 heteroatoms. The molecule has 1 N–H and O–H groups in total. The number of carbonyl (C=O) groups is 1. The number of aromatic nitrogens is 1. The fourth-order valence-electron chi connectivity index (χ4n) is 3.45. The Bertz CT molecular complexity index is 1220. The van der Waals surface area contributed by atoms with E-state index in [1.54, 1.807) is 39.0 Å². The highest BCUT2D eigenvalue weighted by Gasteiger charge is 2.24. The summed E-state index contributed by atoms with van der Waals surface area (Å²) < 4.78 is 34.3. The second-order valence-electron chi connectivity index (χ2n) is 9.39. The smallest absolute Gasteiger partial charge is 0.407 e. The number of carbonyl (C=O) groups excluding carboxylic acids is 1. The van der Waals surface area contributed by atoms with Crippen LogP contribution in [0.25, 0.3) is 0 Å². The van der Waals surface area contributed by atoms with E-state index in [4.69, 9.17) is 27.9 Å². The summed E-state index contributed by atoms with van der Waals surface area (Å²) in [4.78, 5) is 19.0. The van der Waals surface area contributed by atoms with E-state index in [2.05, 4.69) is 10.3 Å². The molecular weight excluding hydrogens is 539 g/mol. The molecule has 0 saturated carbocycles. The summed E-state index contributed by atoms with van der Waals surface area (Å²) in [6, 6.07) is 12.3. The van der Waals surface area contributed by atoms with Gasteiger partial charge < -0.3 is 15.0 Å². The van der Waals surface area contributed by atoms with Crippen LogP contribution in [-0.4, -0.2) is 36.8 Å². The topological polar surface area (TPSA) is 54.5 Å². The fourth-order valence-corrected chi connectivity index (χ4v) is 5.05. The van der Waals surface area contributed by atoms with Crippen molar-refractivity contribution in [3.05, 3.63) is 87.5 Å². The van der Waals surface area contributed by atoms with Gasteiger partial charge in [0.25, 0.3) is 0 Å². The van der Waals surface area contributed by atoms with Gasteiger partial charge in [0, 0.05) is 41.8 Å². The predicted octanol–water partition coefficient (Wildman–Crippen LogP) is 7.90. The highest BCUT2D eigenvalue weighted by atomic mass is 35.5. The number of ether oxygens (including phenoxy) is 1. The van der Waals surface area contributed by atoms with Gasteiger partial charge in [-0.3, -0.25) is 0 Å². The highest BCUT2D eigenvalue weighted by Crippen LogP contribution is 2.45. The third-order valence-corrected chi connectivity index (χ3v) is 7.05. The van der Waals surface area contributed by atoms with E-state index >= 15 is 0 Å². The fraction of sp³-hybridized carbons (Fsp3) is 0.333. The first-order chi connectivity index (χ1) is 17.4. The number of halogens is 4. The third kappa shape index (κ3) is 8.76. The zero-order chi connectivity index (χ0) is 27.2. The monoisotopic (exact) mass is 567 g/mol. The number of anilines is 1. The number of hydrogen-bond donors (Lipinski definition) is 1. The summed E-state index contributed by atoms with van der Waals surface area (Å²) in [7, 11) is 1.86. The number of thioether (sulfide) groups is 1. The first kappa shape index (κ1) is 29.0. The summed E-state index contributed by atoms with van der Waals surface area (Å²) in [5.41, 5.74) is 0.199. The van der Waals surface area contributed by atoms with Crippen LogP contribution in [0.3, 0.4) is 0 Å². The zero-order valence-corrected chi connectivity index (χ0v) is 23.4. The van der Waals surface area contributed by atoms with E-state index in [0.717, 1.165) is 17.0 Å². The van der Waals surface area contributed by atoms with Crippen LogP contribution >= 0.6 is 35.0 Å². The van der Waals surface area contributed by atoms with E-state index in [1.807, 2.05) is 24.1 Å². The maximum Gasteiger partial charge on any atom is 0.407 e. The van der Waals surface area contributed by atoms with Gasteiger partial charge in [0.15, 0.2) is 0 Å². The van der Waals surface area contributed by atoms with Gasteiger partial charge in [-0.25, -0.2) is 18.6 Å². The second-order valence-corrected chi connectivity index (χ2v) is 11.4. The minimum Gasteiger partial charge on any atom is -0.444 e. The lowest BCUT2D eigenvalue weighted by Crippen LogP contribution is -2.34. The van der Waals surface area contributed by atoms with Crippen LogP contribution in [0.1, 0.15) is 43.6 Å². The van der Waals surface area contributed by atoms with Gasteiger partial charge in [-0.05, 0) is 81.3 Å². The van der Waals surface area contributed by atoms with Gasteiger partial charge in [0.2, 0.25) is 0 Å². The Morgan fingerprint density at radius 2 is 1.81 bits per heavy atom. The maximum absolute atomic E-state index is 14.9. The van der Waals surface area contributed by atoms with Crippen molar-refractivity contribution in [1.29, 1.82) is 0 Å². The Balaban J connectivity index is 1.81. The molecule has 5 nitrogen and oxygen atoms in total. The molecule has 0 aliphatic heterocycles. The summed E-state index contributed by atoms with van der Waals surface area (Å²) in [6.45, 7) is 6.41. The maximum atomic E-state index is 14.9. The van der Waals surface area contributed by atoms with E-state index in [0.29, 0.717) is 40.9 Å². The van der Waals surface area contributed by atoms with Crippen LogP contribution in [0.2, 0.25) is 10.0 Å². The quantitative estimate of drug-likeness (QED) is 0.210. The Morgan fingerprint density at radius 3 is 2.49 bits per heavy atom. The normalized spacial score (nSPS) is 12.2. The van der Waals surface area contributed by atoms with Gasteiger partial charge in [0.1, 0.15) is 23.1 Å². The molecule has 3 aromatic rings. The molecule has 1 amide bonds. The van der Waals surface area contributed by atoms with Crippen molar-refractivity contribution in [3.8, 4) is 0 Å². The van der Waals surface area contributed by atoms with Crippen molar-refractivity contribution in [1.82, 2.24) is 10.3 Å². The Labute approximate surface area is 230 Å². The molecule has 0 radical (unpaired) electrons. The zero-order valence-electron chi connectivity index (χ0n) is 21.0. The average molecular weight is 569 g/mol. The Kier molecular flexibility index (Phi) is 10.0. The van der Waals surface area contributed by atoms with E-state index in [1.165, 1.54) is 24.0 Å². The molecule has 0 saturated heterocycles. The number of benzene rings is 2. The molecule has 1 aromatic heterocycles. The van der Waals surface area contributed by atoms with Gasteiger partial charge in [-0.1, -0.05) is 23.2 Å². The average Bonchev–Trinajstić information content (AvgIpc) is 2.82. The Morgan fingerprint density at radius 1 is 1.11 bits per heavy atom. The lowest BCUT2D eigenvalue weighted by molar-refractivity contribution is 0.0527. The molecular formula is C27H29Cl2F2N3O2S. The van der Waals surface area contributed by atoms with Gasteiger partial charge in [-0.2, -0.15) is 0 Å². The van der Waals surface area contributed by atoms with Crippen molar-refractivity contribution in [3.63, 3.8) is 0 Å². The van der Waals surface area contributed by atoms with Gasteiger partial charge >= 0.3 is 6.09 Å². The number of alkyl carbamates (subject to hydrolysis) is 1. The molecule has 0 bridgehead atoms. The first-order valence-electron chi connectivity index (χ1n) is 11.6. The van der Waals surface area contributed by atoms with Crippen molar-refractivity contribution >= 4 is 46.9 Å². The van der Waals surface area contributed by atoms with Crippen LogP contribution in [-0.2, 0) is 4.74 Å². The van der Waals surface area contributed by atoms with E-state index < -0.39 is 28.6 Å². The van der Waals surface area contributed by atoms with Gasteiger partial charge in [0.05, 0.1) is 10.3 Å². The lowest BCUT2D eigenvalue weighted by Gasteiger charge is -2.23. The van der Waals surface area contributed by atoms with Crippen molar-refractivity contribution in [2.75, 3.05) is 25.0 Å². The van der Waals surface area contributed by atoms with Gasteiger partial charge in [-0.15, -0.1) is 11.8 Å². The SMILES string of the molecule is CN(CCCNC(=O)OC(C)(C)C)c1cc(C(Sc2ccc(Cl)cc2)c2cc(F)ccc2F)c(Cl)cn1. The molecule has 198 valence electrons.